The first-order chi connectivity index (χ1) is 12.2. The molecule has 0 unspecified atom stereocenters. The van der Waals surface area contributed by atoms with Gasteiger partial charge in [-0.15, -0.1) is 11.3 Å². The summed E-state index contributed by atoms with van der Waals surface area (Å²) in [6.45, 7) is 0.462. The van der Waals surface area contributed by atoms with E-state index in [-0.39, 0.29) is 11.7 Å². The molecule has 1 aromatic heterocycles. The zero-order valence-corrected chi connectivity index (χ0v) is 14.5. The molecule has 1 N–H and O–H groups in total. The molecule has 2 aromatic carbocycles. The molecule has 3 rings (SSSR count). The average Bonchev–Trinajstić information content (AvgIpc) is 3.10. The third-order valence-electron chi connectivity index (χ3n) is 3.64. The second-order valence-corrected chi connectivity index (χ2v) is 6.22. The average molecular weight is 356 g/mol. The van der Waals surface area contributed by atoms with E-state index in [9.17, 15) is 9.18 Å². The number of nitrogens with zero attached hydrogens (tertiary/aromatic N) is 1. The lowest BCUT2D eigenvalue weighted by molar-refractivity contribution is 0.0951. The van der Waals surface area contributed by atoms with Crippen LogP contribution in [0.5, 0.6) is 5.75 Å². The van der Waals surface area contributed by atoms with Crippen molar-refractivity contribution < 1.29 is 13.9 Å². The van der Waals surface area contributed by atoms with Crippen LogP contribution in [-0.4, -0.2) is 24.5 Å². The molecule has 0 aliphatic rings. The van der Waals surface area contributed by atoms with Crippen LogP contribution < -0.4 is 10.1 Å². The molecule has 6 heteroatoms. The molecule has 25 heavy (non-hydrogen) atoms. The van der Waals surface area contributed by atoms with E-state index in [2.05, 4.69) is 10.3 Å². The van der Waals surface area contributed by atoms with Crippen LogP contribution in [0.15, 0.2) is 53.9 Å². The molecular weight excluding hydrogens is 339 g/mol. The summed E-state index contributed by atoms with van der Waals surface area (Å²) >= 11 is 1.46. The van der Waals surface area contributed by atoms with Crippen LogP contribution in [0, 0.1) is 5.82 Å². The summed E-state index contributed by atoms with van der Waals surface area (Å²) in [5.41, 5.74) is 2.13. The molecular formula is C19H17FN2O2S. The van der Waals surface area contributed by atoms with Gasteiger partial charge < -0.3 is 10.1 Å². The van der Waals surface area contributed by atoms with Crippen LogP contribution in [0.1, 0.15) is 16.1 Å². The minimum absolute atomic E-state index is 0.182. The molecule has 1 amide bonds. The second-order valence-electron chi connectivity index (χ2n) is 5.36. The fraction of sp³-hybridized carbons (Fsp3) is 0.158. The highest BCUT2D eigenvalue weighted by atomic mass is 32.1. The highest BCUT2D eigenvalue weighted by Crippen LogP contribution is 2.24. The molecule has 0 spiro atoms. The maximum atomic E-state index is 13.3. The Balaban J connectivity index is 1.59. The number of amides is 1. The van der Waals surface area contributed by atoms with Gasteiger partial charge in [0.1, 0.15) is 16.6 Å². The number of para-hydroxylation sites is 1. The monoisotopic (exact) mass is 356 g/mol. The molecule has 3 aromatic rings. The molecule has 0 bridgehead atoms. The zero-order valence-electron chi connectivity index (χ0n) is 13.7. The Morgan fingerprint density at radius 1 is 1.24 bits per heavy atom. The Bertz CT molecular complexity index is 879. The van der Waals surface area contributed by atoms with E-state index in [1.54, 1.807) is 24.3 Å². The number of carbonyl (C=O) groups is 1. The minimum atomic E-state index is -0.279. The molecule has 4 nitrogen and oxygen atoms in total. The maximum absolute atomic E-state index is 13.3. The number of rotatable bonds is 6. The normalized spacial score (nSPS) is 10.5. The third kappa shape index (κ3) is 4.22. The van der Waals surface area contributed by atoms with Crippen LogP contribution in [0.4, 0.5) is 4.39 Å². The van der Waals surface area contributed by atoms with Gasteiger partial charge in [-0.3, -0.25) is 4.79 Å². The summed E-state index contributed by atoms with van der Waals surface area (Å²) in [6.07, 6.45) is 0.604. The summed E-state index contributed by atoms with van der Waals surface area (Å²) in [6, 6.07) is 13.5. The van der Waals surface area contributed by atoms with Crippen LogP contribution in [0.25, 0.3) is 10.6 Å². The first-order valence-electron chi connectivity index (χ1n) is 7.79. The van der Waals surface area contributed by atoms with Crippen molar-refractivity contribution in [2.45, 2.75) is 6.42 Å². The van der Waals surface area contributed by atoms with Crippen molar-refractivity contribution in [3.8, 4) is 16.3 Å². The topological polar surface area (TPSA) is 51.2 Å². The number of benzene rings is 2. The highest BCUT2D eigenvalue weighted by molar-refractivity contribution is 7.13. The summed E-state index contributed by atoms with van der Waals surface area (Å²) in [7, 11) is 1.54. The van der Waals surface area contributed by atoms with Gasteiger partial charge in [-0.25, -0.2) is 9.37 Å². The SMILES string of the molecule is COc1ccccc1C(=O)NCCc1csc(-c2cccc(F)c2)n1. The Morgan fingerprint density at radius 3 is 2.88 bits per heavy atom. The van der Waals surface area contributed by atoms with Gasteiger partial charge in [0.25, 0.3) is 5.91 Å². The Kier molecular flexibility index (Phi) is 5.40. The molecule has 0 saturated carbocycles. The number of aromatic nitrogens is 1. The molecule has 128 valence electrons. The van der Waals surface area contributed by atoms with Gasteiger partial charge in [-0.05, 0) is 24.3 Å². The lowest BCUT2D eigenvalue weighted by atomic mass is 10.2. The van der Waals surface area contributed by atoms with Crippen molar-refractivity contribution in [1.29, 1.82) is 0 Å². The van der Waals surface area contributed by atoms with Crippen LogP contribution in [-0.2, 0) is 6.42 Å². The molecule has 0 aliphatic carbocycles. The van der Waals surface area contributed by atoms with Crippen molar-refractivity contribution in [1.82, 2.24) is 10.3 Å². The minimum Gasteiger partial charge on any atom is -0.496 e. The summed E-state index contributed by atoms with van der Waals surface area (Å²) in [5.74, 6) is 0.0819. The van der Waals surface area contributed by atoms with Crippen LogP contribution >= 0.6 is 11.3 Å². The predicted molar refractivity (Wildman–Crippen MR) is 96.5 cm³/mol. The van der Waals surface area contributed by atoms with Gasteiger partial charge in [0.05, 0.1) is 18.4 Å². The van der Waals surface area contributed by atoms with Crippen molar-refractivity contribution in [2.75, 3.05) is 13.7 Å². The standard InChI is InChI=1S/C19H17FN2O2S/c1-24-17-8-3-2-7-16(17)18(23)21-10-9-15-12-25-19(22-15)13-5-4-6-14(20)11-13/h2-8,11-12H,9-10H2,1H3,(H,21,23). The van der Waals surface area contributed by atoms with Crippen molar-refractivity contribution in [3.05, 3.63) is 71.0 Å². The van der Waals surface area contributed by atoms with E-state index in [1.165, 1.54) is 30.6 Å². The van der Waals surface area contributed by atoms with Gasteiger partial charge in [0.2, 0.25) is 0 Å². The number of hydrogen-bond donors (Lipinski definition) is 1. The number of halogens is 1. The molecule has 0 fully saturated rings. The summed E-state index contributed by atoms with van der Waals surface area (Å²) < 4.78 is 18.5. The van der Waals surface area contributed by atoms with Crippen LogP contribution in [0.3, 0.4) is 0 Å². The van der Waals surface area contributed by atoms with E-state index < -0.39 is 0 Å². The molecule has 0 saturated heterocycles. The quantitative estimate of drug-likeness (QED) is 0.728. The van der Waals surface area contributed by atoms with E-state index in [0.717, 1.165) is 16.3 Å². The molecule has 0 atom stereocenters. The maximum Gasteiger partial charge on any atom is 0.255 e. The largest absolute Gasteiger partial charge is 0.496 e. The number of thiazole rings is 1. The Labute approximate surface area is 149 Å². The Morgan fingerprint density at radius 2 is 2.08 bits per heavy atom. The van der Waals surface area contributed by atoms with E-state index in [0.29, 0.717) is 24.3 Å². The lowest BCUT2D eigenvalue weighted by Gasteiger charge is -2.08. The van der Waals surface area contributed by atoms with E-state index in [1.807, 2.05) is 17.5 Å². The number of methoxy groups -OCH3 is 1. The van der Waals surface area contributed by atoms with Gasteiger partial charge in [-0.2, -0.15) is 0 Å². The fourth-order valence-electron chi connectivity index (χ4n) is 2.41. The smallest absolute Gasteiger partial charge is 0.255 e. The van der Waals surface area contributed by atoms with Gasteiger partial charge >= 0.3 is 0 Å². The second kappa shape index (κ2) is 7.90. The van der Waals surface area contributed by atoms with Crippen molar-refractivity contribution in [2.24, 2.45) is 0 Å². The Hall–Kier alpha value is -2.73. The van der Waals surface area contributed by atoms with Gasteiger partial charge in [-0.1, -0.05) is 24.3 Å². The van der Waals surface area contributed by atoms with E-state index in [4.69, 9.17) is 4.74 Å². The zero-order chi connectivity index (χ0) is 17.6. The van der Waals surface area contributed by atoms with E-state index >= 15 is 0 Å². The van der Waals surface area contributed by atoms with Crippen molar-refractivity contribution in [3.63, 3.8) is 0 Å². The van der Waals surface area contributed by atoms with Gasteiger partial charge in [0.15, 0.2) is 0 Å². The van der Waals surface area contributed by atoms with Crippen molar-refractivity contribution >= 4 is 17.2 Å². The molecule has 0 aliphatic heterocycles. The van der Waals surface area contributed by atoms with Crippen LogP contribution in [0.2, 0.25) is 0 Å². The summed E-state index contributed by atoms with van der Waals surface area (Å²) in [5, 5.41) is 5.56. The summed E-state index contributed by atoms with van der Waals surface area (Å²) in [4.78, 5) is 16.7. The number of ether oxygens (including phenoxy) is 1. The fourth-order valence-corrected chi connectivity index (χ4v) is 3.26. The number of nitrogens with one attached hydrogen (secondary N) is 1. The first-order valence-corrected chi connectivity index (χ1v) is 8.67. The molecule has 1 heterocycles. The molecule has 0 radical (unpaired) electrons. The first kappa shape index (κ1) is 17.1. The third-order valence-corrected chi connectivity index (χ3v) is 4.58. The predicted octanol–water partition coefficient (Wildman–Crippen LogP) is 3.93. The highest BCUT2D eigenvalue weighted by Gasteiger charge is 2.11. The number of hydrogen-bond acceptors (Lipinski definition) is 4. The lowest BCUT2D eigenvalue weighted by Crippen LogP contribution is -2.26. The number of carbonyl (C=O) groups excluding carboxylic acids is 1. The van der Waals surface area contributed by atoms with Gasteiger partial charge in [0, 0.05) is 23.9 Å².